The Balaban J connectivity index is 3.82. The number of hydrogen-bond donors (Lipinski definition) is 4. The molecule has 0 rings (SSSR count). The lowest BCUT2D eigenvalue weighted by Crippen LogP contribution is -2.28. The quantitative estimate of drug-likeness (QED) is 0.0279. The summed E-state index contributed by atoms with van der Waals surface area (Å²) in [6.07, 6.45) is 39.7. The second kappa shape index (κ2) is 39.4. The lowest BCUT2D eigenvalue weighted by atomic mass is 10.0. The van der Waals surface area contributed by atoms with E-state index < -0.39 is 43.0 Å². The van der Waals surface area contributed by atoms with Crippen molar-refractivity contribution in [3.05, 3.63) is 48.6 Å². The number of carbonyl (C=O) groups excluding carboxylic acids is 2. The monoisotopic (exact) mass is 749 g/mol. The maximum atomic E-state index is 12.2. The summed E-state index contributed by atoms with van der Waals surface area (Å²) < 4.78 is 10.5. The van der Waals surface area contributed by atoms with Crippen LogP contribution in [-0.4, -0.2) is 70.0 Å². The average molecular weight is 749 g/mol. The Morgan fingerprint density at radius 1 is 0.509 bits per heavy atom. The molecule has 0 spiro atoms. The molecule has 0 radical (unpaired) electrons. The summed E-state index contributed by atoms with van der Waals surface area (Å²) in [6.45, 7) is 3.75. The molecule has 0 aliphatic heterocycles. The van der Waals surface area contributed by atoms with Gasteiger partial charge in [0.1, 0.15) is 6.61 Å². The van der Waals surface area contributed by atoms with Gasteiger partial charge >= 0.3 is 11.9 Å². The normalized spacial score (nSPS) is 14.5. The lowest BCUT2D eigenvalue weighted by molar-refractivity contribution is -0.161. The van der Waals surface area contributed by atoms with E-state index in [0.717, 1.165) is 44.9 Å². The van der Waals surface area contributed by atoms with E-state index in [2.05, 4.69) is 13.8 Å². The Kier molecular flexibility index (Phi) is 37.8. The molecule has 0 aromatic rings. The van der Waals surface area contributed by atoms with Crippen molar-refractivity contribution in [3.8, 4) is 0 Å². The molecule has 8 nitrogen and oxygen atoms in total. The standard InChI is InChI=1S/C45H80O8/c1-3-5-7-8-9-10-11-12-13-14-15-16-17-18-19-20-21-26-30-36-45(51)53-41(38-46)39-52-44(50)37-31-35-43(49)42(48)34-29-25-23-22-24-28-33-40(47)32-27-6-4-2/h22-25,28-29,33-34,40-43,46-49H,3-21,26-27,30-32,35-39H2,1-2H3/b24-22-,25-23+,33-28+,34-29+/t40-,41+,42-,43-/m1/s1. The molecule has 0 heterocycles. The van der Waals surface area contributed by atoms with E-state index in [1.807, 2.05) is 6.08 Å². The molecule has 4 N–H and O–H groups in total. The topological polar surface area (TPSA) is 134 Å². The van der Waals surface area contributed by atoms with Crippen LogP contribution >= 0.6 is 0 Å². The number of hydrogen-bond acceptors (Lipinski definition) is 8. The largest absolute Gasteiger partial charge is 0.462 e. The highest BCUT2D eigenvalue weighted by Gasteiger charge is 2.17. The second-order valence-corrected chi connectivity index (χ2v) is 14.6. The van der Waals surface area contributed by atoms with Gasteiger partial charge in [-0.1, -0.05) is 197 Å². The number of carbonyl (C=O) groups is 2. The molecule has 0 saturated carbocycles. The molecule has 0 fully saturated rings. The molecule has 8 heteroatoms. The van der Waals surface area contributed by atoms with E-state index in [0.29, 0.717) is 6.42 Å². The number of aliphatic hydroxyl groups excluding tert-OH is 4. The van der Waals surface area contributed by atoms with Crippen LogP contribution in [-0.2, 0) is 19.1 Å². The van der Waals surface area contributed by atoms with Crippen LogP contribution in [0, 0.1) is 0 Å². The zero-order chi connectivity index (χ0) is 39.0. The molecular formula is C45H80O8. The molecule has 4 atom stereocenters. The summed E-state index contributed by atoms with van der Waals surface area (Å²) in [5.41, 5.74) is 0. The lowest BCUT2D eigenvalue weighted by Gasteiger charge is -2.16. The van der Waals surface area contributed by atoms with Gasteiger partial charge in [-0.05, 0) is 25.7 Å². The molecule has 0 aromatic carbocycles. The Morgan fingerprint density at radius 2 is 0.943 bits per heavy atom. The minimum absolute atomic E-state index is 0.0322. The number of rotatable bonds is 38. The highest BCUT2D eigenvalue weighted by Crippen LogP contribution is 2.15. The second-order valence-electron chi connectivity index (χ2n) is 14.6. The number of esters is 2. The third-order valence-electron chi connectivity index (χ3n) is 9.49. The minimum Gasteiger partial charge on any atom is -0.462 e. The van der Waals surface area contributed by atoms with Gasteiger partial charge in [0.2, 0.25) is 0 Å². The Labute approximate surface area is 324 Å². The fraction of sp³-hybridized carbons (Fsp3) is 0.778. The van der Waals surface area contributed by atoms with Gasteiger partial charge in [-0.15, -0.1) is 0 Å². The van der Waals surface area contributed by atoms with Crippen LogP contribution in [0.15, 0.2) is 48.6 Å². The molecule has 0 bridgehead atoms. The Bertz CT molecular complexity index is 943. The Hall–Kier alpha value is -2.26. The highest BCUT2D eigenvalue weighted by molar-refractivity contribution is 5.70. The van der Waals surface area contributed by atoms with Crippen LogP contribution in [0.2, 0.25) is 0 Å². The van der Waals surface area contributed by atoms with Gasteiger partial charge < -0.3 is 29.9 Å². The zero-order valence-corrected chi connectivity index (χ0v) is 33.9. The Morgan fingerprint density at radius 3 is 1.45 bits per heavy atom. The summed E-state index contributed by atoms with van der Waals surface area (Å²) >= 11 is 0. The first-order chi connectivity index (χ1) is 25.8. The molecule has 0 aliphatic carbocycles. The van der Waals surface area contributed by atoms with E-state index in [9.17, 15) is 30.0 Å². The fourth-order valence-electron chi connectivity index (χ4n) is 6.06. The maximum Gasteiger partial charge on any atom is 0.306 e. The van der Waals surface area contributed by atoms with Crippen LogP contribution in [0.1, 0.15) is 187 Å². The number of aliphatic hydroxyl groups is 4. The van der Waals surface area contributed by atoms with Gasteiger partial charge in [-0.2, -0.15) is 0 Å². The number of allylic oxidation sites excluding steroid dienone is 6. The number of unbranched alkanes of at least 4 members (excludes halogenated alkanes) is 20. The average Bonchev–Trinajstić information content (AvgIpc) is 3.15. The maximum absolute atomic E-state index is 12.2. The summed E-state index contributed by atoms with van der Waals surface area (Å²) in [6, 6.07) is 0. The van der Waals surface area contributed by atoms with E-state index in [-0.39, 0.29) is 25.9 Å². The van der Waals surface area contributed by atoms with Crippen LogP contribution < -0.4 is 0 Å². The molecule has 0 amide bonds. The van der Waals surface area contributed by atoms with Gasteiger partial charge in [0.25, 0.3) is 0 Å². The molecule has 308 valence electrons. The van der Waals surface area contributed by atoms with E-state index in [1.54, 1.807) is 36.5 Å². The summed E-state index contributed by atoms with van der Waals surface area (Å²) in [5, 5.41) is 39.8. The van der Waals surface area contributed by atoms with Gasteiger partial charge in [-0.3, -0.25) is 9.59 Å². The van der Waals surface area contributed by atoms with Gasteiger partial charge in [0, 0.05) is 12.8 Å². The summed E-state index contributed by atoms with van der Waals surface area (Å²) in [7, 11) is 0. The van der Waals surface area contributed by atoms with E-state index in [1.165, 1.54) is 109 Å². The first-order valence-electron chi connectivity index (χ1n) is 21.5. The molecule has 0 saturated heterocycles. The third kappa shape index (κ3) is 36.5. The SMILES string of the molecule is CCCCCCCCCCCCCCCCCCCCCC(=O)O[C@@H](CO)COC(=O)CCC[C@@H](O)[C@H](O)/C=C/C=C/C=C\C=C\[C@H](O)CCCCC. The first kappa shape index (κ1) is 50.7. The molecule has 0 unspecified atom stereocenters. The molecule has 53 heavy (non-hydrogen) atoms. The van der Waals surface area contributed by atoms with Crippen LogP contribution in [0.4, 0.5) is 0 Å². The summed E-state index contributed by atoms with van der Waals surface area (Å²) in [5.74, 6) is -0.916. The van der Waals surface area contributed by atoms with Crippen molar-refractivity contribution in [1.29, 1.82) is 0 Å². The van der Waals surface area contributed by atoms with Crippen molar-refractivity contribution >= 4 is 11.9 Å². The van der Waals surface area contributed by atoms with Crippen LogP contribution in [0.5, 0.6) is 0 Å². The van der Waals surface area contributed by atoms with Gasteiger partial charge in [-0.25, -0.2) is 0 Å². The van der Waals surface area contributed by atoms with Crippen molar-refractivity contribution < 1.29 is 39.5 Å². The predicted octanol–water partition coefficient (Wildman–Crippen LogP) is 10.3. The number of ether oxygens (including phenoxy) is 2. The molecular weight excluding hydrogens is 668 g/mol. The predicted molar refractivity (Wildman–Crippen MR) is 219 cm³/mol. The zero-order valence-electron chi connectivity index (χ0n) is 33.9. The summed E-state index contributed by atoms with van der Waals surface area (Å²) in [4.78, 5) is 24.4. The first-order valence-corrected chi connectivity index (χ1v) is 21.5. The van der Waals surface area contributed by atoms with Crippen molar-refractivity contribution in [2.24, 2.45) is 0 Å². The van der Waals surface area contributed by atoms with Crippen LogP contribution in [0.25, 0.3) is 0 Å². The van der Waals surface area contributed by atoms with Crippen molar-refractivity contribution in [3.63, 3.8) is 0 Å². The third-order valence-corrected chi connectivity index (χ3v) is 9.49. The smallest absolute Gasteiger partial charge is 0.306 e. The fourth-order valence-corrected chi connectivity index (χ4v) is 6.06. The van der Waals surface area contributed by atoms with E-state index in [4.69, 9.17) is 9.47 Å². The van der Waals surface area contributed by atoms with Crippen molar-refractivity contribution in [1.82, 2.24) is 0 Å². The molecule has 0 aliphatic rings. The van der Waals surface area contributed by atoms with Gasteiger partial charge in [0.05, 0.1) is 24.9 Å². The van der Waals surface area contributed by atoms with Crippen LogP contribution in [0.3, 0.4) is 0 Å². The van der Waals surface area contributed by atoms with E-state index >= 15 is 0 Å². The molecule has 0 aromatic heterocycles. The van der Waals surface area contributed by atoms with Crippen molar-refractivity contribution in [2.75, 3.05) is 13.2 Å². The van der Waals surface area contributed by atoms with Gasteiger partial charge in [0.15, 0.2) is 6.10 Å². The highest BCUT2D eigenvalue weighted by atomic mass is 16.6. The van der Waals surface area contributed by atoms with Crippen molar-refractivity contribution in [2.45, 2.75) is 212 Å². The minimum atomic E-state index is -1.08.